The number of carbonyl (C=O) groups is 1. The van der Waals surface area contributed by atoms with Crippen LogP contribution in [0.5, 0.6) is 0 Å². The van der Waals surface area contributed by atoms with Crippen LogP contribution in [0.3, 0.4) is 0 Å². The summed E-state index contributed by atoms with van der Waals surface area (Å²) in [6.07, 6.45) is 2.67. The maximum atomic E-state index is 11.2. The van der Waals surface area contributed by atoms with Crippen molar-refractivity contribution in [2.45, 2.75) is 26.2 Å². The van der Waals surface area contributed by atoms with Crippen LogP contribution in [-0.4, -0.2) is 36.0 Å². The topological polar surface area (TPSA) is 84.1 Å². The van der Waals surface area contributed by atoms with Gasteiger partial charge in [0.2, 0.25) is 5.91 Å². The Morgan fingerprint density at radius 1 is 1.58 bits per heavy atom. The van der Waals surface area contributed by atoms with E-state index in [4.69, 9.17) is 5.73 Å². The number of nitrogens with two attached hydrogens (primary N) is 1. The second-order valence-corrected chi connectivity index (χ2v) is 4.86. The molecule has 1 fully saturated rings. The molecule has 0 spiro atoms. The van der Waals surface area contributed by atoms with Crippen LogP contribution >= 0.6 is 0 Å². The zero-order valence-electron chi connectivity index (χ0n) is 11.5. The highest BCUT2D eigenvalue weighted by Crippen LogP contribution is 2.24. The van der Waals surface area contributed by atoms with Crippen molar-refractivity contribution in [2.24, 2.45) is 11.7 Å². The van der Waals surface area contributed by atoms with Gasteiger partial charge in [0.15, 0.2) is 0 Å². The van der Waals surface area contributed by atoms with E-state index >= 15 is 0 Å². The predicted octanol–water partition coefficient (Wildman–Crippen LogP) is 0.782. The average Bonchev–Trinajstić information content (AvgIpc) is 2.88. The second kappa shape index (κ2) is 5.86. The third kappa shape index (κ3) is 3.13. The highest BCUT2D eigenvalue weighted by molar-refractivity contribution is 5.78. The molecule has 0 saturated carbocycles. The van der Waals surface area contributed by atoms with E-state index in [0.29, 0.717) is 6.54 Å². The molecule has 1 unspecified atom stereocenters. The van der Waals surface area contributed by atoms with Crippen molar-refractivity contribution in [3.8, 4) is 0 Å². The molecule has 0 aromatic carbocycles. The van der Waals surface area contributed by atoms with Crippen LogP contribution in [0.15, 0.2) is 6.07 Å². The number of hydrogen-bond acceptors (Lipinski definition) is 5. The number of rotatable bonds is 5. The van der Waals surface area contributed by atoms with E-state index in [0.717, 1.165) is 43.3 Å². The minimum absolute atomic E-state index is 0.0670. The molecule has 6 heteroatoms. The molecule has 6 nitrogen and oxygen atoms in total. The first kappa shape index (κ1) is 13.6. The van der Waals surface area contributed by atoms with Crippen molar-refractivity contribution in [3.05, 3.63) is 11.9 Å². The monoisotopic (exact) mass is 263 g/mol. The molecule has 1 aromatic rings. The third-order valence-electron chi connectivity index (χ3n) is 3.40. The molecule has 1 atom stereocenters. The highest BCUT2D eigenvalue weighted by Gasteiger charge is 2.27. The van der Waals surface area contributed by atoms with Crippen molar-refractivity contribution in [1.29, 1.82) is 0 Å². The molecule has 1 aliphatic heterocycles. The Morgan fingerprint density at radius 3 is 2.95 bits per heavy atom. The molecule has 1 saturated heterocycles. The van der Waals surface area contributed by atoms with Crippen LogP contribution in [0.4, 0.5) is 11.6 Å². The summed E-state index contributed by atoms with van der Waals surface area (Å²) in [5.41, 5.74) is 5.36. The molecule has 0 bridgehead atoms. The fourth-order valence-corrected chi connectivity index (χ4v) is 2.31. The summed E-state index contributed by atoms with van der Waals surface area (Å²) in [7, 11) is 1.85. The summed E-state index contributed by atoms with van der Waals surface area (Å²) < 4.78 is 0. The van der Waals surface area contributed by atoms with Gasteiger partial charge >= 0.3 is 0 Å². The molecular formula is C13H21N5O. The Hall–Kier alpha value is -1.85. The summed E-state index contributed by atoms with van der Waals surface area (Å²) in [6.45, 7) is 3.58. The van der Waals surface area contributed by atoms with Gasteiger partial charge in [0.1, 0.15) is 17.5 Å². The molecular weight excluding hydrogens is 242 g/mol. The average molecular weight is 263 g/mol. The van der Waals surface area contributed by atoms with Crippen LogP contribution in [-0.2, 0) is 11.2 Å². The van der Waals surface area contributed by atoms with Gasteiger partial charge in [-0.25, -0.2) is 9.97 Å². The van der Waals surface area contributed by atoms with Crippen molar-refractivity contribution < 1.29 is 4.79 Å². The van der Waals surface area contributed by atoms with E-state index < -0.39 is 0 Å². The van der Waals surface area contributed by atoms with Gasteiger partial charge in [-0.2, -0.15) is 0 Å². The number of amides is 1. The van der Waals surface area contributed by atoms with Crippen molar-refractivity contribution in [2.75, 3.05) is 30.4 Å². The van der Waals surface area contributed by atoms with Crippen LogP contribution in [0.25, 0.3) is 0 Å². The molecule has 3 N–H and O–H groups in total. The number of nitrogens with zero attached hydrogens (tertiary/aromatic N) is 3. The molecule has 2 heterocycles. The summed E-state index contributed by atoms with van der Waals surface area (Å²) in [5, 5.41) is 3.05. The van der Waals surface area contributed by atoms with Crippen LogP contribution in [0.2, 0.25) is 0 Å². The minimum Gasteiger partial charge on any atom is -0.373 e. The van der Waals surface area contributed by atoms with Gasteiger partial charge in [-0.15, -0.1) is 0 Å². The van der Waals surface area contributed by atoms with E-state index in [-0.39, 0.29) is 11.8 Å². The summed E-state index contributed by atoms with van der Waals surface area (Å²) in [5.74, 6) is 2.25. The summed E-state index contributed by atoms with van der Waals surface area (Å²) >= 11 is 0. The molecule has 1 amide bonds. The Bertz CT molecular complexity index is 462. The first-order valence-electron chi connectivity index (χ1n) is 6.74. The fourth-order valence-electron chi connectivity index (χ4n) is 2.31. The maximum Gasteiger partial charge on any atom is 0.222 e. The lowest BCUT2D eigenvalue weighted by atomic mass is 10.1. The first-order valence-corrected chi connectivity index (χ1v) is 6.74. The number of anilines is 2. The van der Waals surface area contributed by atoms with Crippen LogP contribution in [0.1, 0.15) is 25.6 Å². The normalized spacial score (nSPS) is 18.6. The van der Waals surface area contributed by atoms with E-state index in [2.05, 4.69) is 27.1 Å². The summed E-state index contributed by atoms with van der Waals surface area (Å²) in [4.78, 5) is 22.3. The molecule has 1 aromatic heterocycles. The standard InChI is InChI=1S/C13H21N5O/c1-3-4-10-16-11(15-2)7-12(17-10)18-6-5-9(8-18)13(14)19/h7,9H,3-6,8H2,1-2H3,(H2,14,19)(H,15,16,17). The largest absolute Gasteiger partial charge is 0.373 e. The quantitative estimate of drug-likeness (QED) is 0.820. The van der Waals surface area contributed by atoms with E-state index in [1.165, 1.54) is 0 Å². The maximum absolute atomic E-state index is 11.2. The Balaban J connectivity index is 2.19. The fraction of sp³-hybridized carbons (Fsp3) is 0.615. The highest BCUT2D eigenvalue weighted by atomic mass is 16.1. The molecule has 0 aliphatic carbocycles. The van der Waals surface area contributed by atoms with Gasteiger partial charge in [-0.3, -0.25) is 4.79 Å². The van der Waals surface area contributed by atoms with Gasteiger partial charge in [-0.05, 0) is 12.8 Å². The van der Waals surface area contributed by atoms with Crippen LogP contribution in [0, 0.1) is 5.92 Å². The number of aryl methyl sites for hydroxylation is 1. The lowest BCUT2D eigenvalue weighted by Crippen LogP contribution is -2.28. The van der Waals surface area contributed by atoms with E-state index in [9.17, 15) is 4.79 Å². The Labute approximate surface area is 113 Å². The molecule has 0 radical (unpaired) electrons. The van der Waals surface area contributed by atoms with Gasteiger partial charge in [0.25, 0.3) is 0 Å². The molecule has 19 heavy (non-hydrogen) atoms. The van der Waals surface area contributed by atoms with E-state index in [1.54, 1.807) is 0 Å². The van der Waals surface area contributed by atoms with E-state index in [1.807, 2.05) is 13.1 Å². The number of hydrogen-bond donors (Lipinski definition) is 2. The summed E-state index contributed by atoms with van der Waals surface area (Å²) in [6, 6.07) is 1.92. The molecule has 2 rings (SSSR count). The van der Waals surface area contributed by atoms with Crippen molar-refractivity contribution in [3.63, 3.8) is 0 Å². The molecule has 1 aliphatic rings. The van der Waals surface area contributed by atoms with Gasteiger partial charge in [-0.1, -0.05) is 6.92 Å². The third-order valence-corrected chi connectivity index (χ3v) is 3.40. The Kier molecular flexibility index (Phi) is 4.19. The number of nitrogens with one attached hydrogen (secondary N) is 1. The van der Waals surface area contributed by atoms with Gasteiger partial charge in [0, 0.05) is 32.6 Å². The lowest BCUT2D eigenvalue weighted by molar-refractivity contribution is -0.121. The number of primary amides is 1. The number of aromatic nitrogens is 2. The SMILES string of the molecule is CCCc1nc(NC)cc(N2CCC(C(N)=O)C2)n1. The Morgan fingerprint density at radius 2 is 2.37 bits per heavy atom. The first-order chi connectivity index (χ1) is 9.13. The second-order valence-electron chi connectivity index (χ2n) is 4.86. The predicted molar refractivity (Wildman–Crippen MR) is 75.1 cm³/mol. The van der Waals surface area contributed by atoms with Gasteiger partial charge < -0.3 is 16.0 Å². The number of carbonyl (C=O) groups excluding carboxylic acids is 1. The zero-order valence-corrected chi connectivity index (χ0v) is 11.5. The van der Waals surface area contributed by atoms with Crippen molar-refractivity contribution in [1.82, 2.24) is 9.97 Å². The minimum atomic E-state index is -0.223. The smallest absolute Gasteiger partial charge is 0.222 e. The van der Waals surface area contributed by atoms with Crippen LogP contribution < -0.4 is 16.0 Å². The zero-order chi connectivity index (χ0) is 13.8. The molecule has 104 valence electrons. The van der Waals surface area contributed by atoms with Gasteiger partial charge in [0.05, 0.1) is 5.92 Å². The van der Waals surface area contributed by atoms with Crippen molar-refractivity contribution >= 4 is 17.5 Å². The lowest BCUT2D eigenvalue weighted by Gasteiger charge is -2.18.